The maximum Gasteiger partial charge on any atom is 0.341 e. The van der Waals surface area contributed by atoms with E-state index in [-0.39, 0.29) is 17.4 Å². The Balaban J connectivity index is 1.63. The number of amides is 2. The molecular formula is C18H16F2N2O4S. The Labute approximate surface area is 154 Å². The number of benzene rings is 2. The van der Waals surface area contributed by atoms with Crippen LogP contribution in [-0.4, -0.2) is 26.0 Å². The minimum absolute atomic E-state index is 0.0226. The van der Waals surface area contributed by atoms with E-state index in [2.05, 4.69) is 10.6 Å². The summed E-state index contributed by atoms with van der Waals surface area (Å²) in [6.45, 7) is 0. The average molecular weight is 394 g/mol. The van der Waals surface area contributed by atoms with E-state index < -0.39 is 26.4 Å². The van der Waals surface area contributed by atoms with Crippen molar-refractivity contribution >= 4 is 33.0 Å². The number of anilines is 2. The molecule has 2 aromatic carbocycles. The van der Waals surface area contributed by atoms with Crippen molar-refractivity contribution < 1.29 is 26.8 Å². The molecule has 1 aliphatic rings. The summed E-state index contributed by atoms with van der Waals surface area (Å²) >= 11 is 0. The lowest BCUT2D eigenvalue weighted by Crippen LogP contribution is -2.14. The van der Waals surface area contributed by atoms with Crippen molar-refractivity contribution in [2.24, 2.45) is 5.92 Å². The molecular weight excluding hydrogens is 378 g/mol. The molecule has 2 aromatic rings. The van der Waals surface area contributed by atoms with E-state index in [0.29, 0.717) is 11.4 Å². The molecule has 1 aliphatic carbocycles. The Bertz CT molecular complexity index is 954. The molecule has 2 N–H and O–H groups in total. The molecule has 1 saturated carbocycles. The van der Waals surface area contributed by atoms with Crippen LogP contribution in [0, 0.1) is 5.92 Å². The zero-order valence-corrected chi connectivity index (χ0v) is 14.8. The molecule has 0 aromatic heterocycles. The summed E-state index contributed by atoms with van der Waals surface area (Å²) in [6, 6.07) is 10.8. The Morgan fingerprint density at radius 2 is 1.41 bits per heavy atom. The van der Waals surface area contributed by atoms with Crippen molar-refractivity contribution in [1.29, 1.82) is 0 Å². The molecule has 3 rings (SSSR count). The zero-order chi connectivity index (χ0) is 19.6. The topological polar surface area (TPSA) is 92.3 Å². The normalized spacial score (nSPS) is 14.0. The Kier molecular flexibility index (Phi) is 5.22. The van der Waals surface area contributed by atoms with Crippen LogP contribution >= 0.6 is 0 Å². The van der Waals surface area contributed by atoms with Crippen LogP contribution in [0.3, 0.4) is 0 Å². The number of alkyl halides is 2. The number of carbonyl (C=O) groups excluding carboxylic acids is 2. The molecule has 0 spiro atoms. The van der Waals surface area contributed by atoms with Gasteiger partial charge in [-0.05, 0) is 61.4 Å². The first kappa shape index (κ1) is 19.0. The highest BCUT2D eigenvalue weighted by atomic mass is 32.2. The Morgan fingerprint density at radius 1 is 0.889 bits per heavy atom. The maximum atomic E-state index is 12.5. The van der Waals surface area contributed by atoms with Crippen molar-refractivity contribution in [1.82, 2.24) is 0 Å². The van der Waals surface area contributed by atoms with Crippen molar-refractivity contribution in [2.45, 2.75) is 23.5 Å². The van der Waals surface area contributed by atoms with Crippen molar-refractivity contribution in [3.63, 3.8) is 0 Å². The van der Waals surface area contributed by atoms with Gasteiger partial charge in [0.25, 0.3) is 5.91 Å². The van der Waals surface area contributed by atoms with E-state index in [0.717, 1.165) is 37.1 Å². The van der Waals surface area contributed by atoms with Gasteiger partial charge in [-0.2, -0.15) is 8.78 Å². The summed E-state index contributed by atoms with van der Waals surface area (Å²) < 4.78 is 47.8. The fourth-order valence-corrected chi connectivity index (χ4v) is 3.05. The van der Waals surface area contributed by atoms with Crippen LogP contribution in [0.1, 0.15) is 23.2 Å². The summed E-state index contributed by atoms with van der Waals surface area (Å²) in [7, 11) is -4.69. The van der Waals surface area contributed by atoms with Crippen molar-refractivity contribution in [3.8, 4) is 0 Å². The van der Waals surface area contributed by atoms with Crippen LogP contribution < -0.4 is 10.6 Å². The first-order chi connectivity index (χ1) is 12.8. The van der Waals surface area contributed by atoms with E-state index in [4.69, 9.17) is 0 Å². The average Bonchev–Trinajstić information content (AvgIpc) is 3.48. The lowest BCUT2D eigenvalue weighted by molar-refractivity contribution is -0.117. The molecule has 2 amide bonds. The summed E-state index contributed by atoms with van der Waals surface area (Å²) in [4.78, 5) is 23.3. The number of nitrogens with one attached hydrogen (secondary N) is 2. The SMILES string of the molecule is O=C(Nc1ccc(NC(=O)C2CC2)cc1)c1ccc(S(=O)(=O)C(F)F)cc1. The third kappa shape index (κ3) is 4.48. The summed E-state index contributed by atoms with van der Waals surface area (Å²) in [6.07, 6.45) is 1.80. The quantitative estimate of drug-likeness (QED) is 0.786. The van der Waals surface area contributed by atoms with E-state index in [1.807, 2.05) is 0 Å². The van der Waals surface area contributed by atoms with Crippen LogP contribution in [0.2, 0.25) is 0 Å². The smallest absolute Gasteiger partial charge is 0.326 e. The van der Waals surface area contributed by atoms with Crippen molar-refractivity contribution in [2.75, 3.05) is 10.6 Å². The number of halogens is 2. The molecule has 0 atom stereocenters. The van der Waals surface area contributed by atoms with Crippen LogP contribution in [0.4, 0.5) is 20.2 Å². The van der Waals surface area contributed by atoms with Gasteiger partial charge in [0.15, 0.2) is 0 Å². The van der Waals surface area contributed by atoms with Gasteiger partial charge in [-0.1, -0.05) is 0 Å². The number of carbonyl (C=O) groups is 2. The van der Waals surface area contributed by atoms with E-state index >= 15 is 0 Å². The fourth-order valence-electron chi connectivity index (χ4n) is 2.33. The molecule has 142 valence electrons. The second kappa shape index (κ2) is 7.43. The molecule has 0 radical (unpaired) electrons. The largest absolute Gasteiger partial charge is 0.341 e. The van der Waals surface area contributed by atoms with Crippen LogP contribution in [0.25, 0.3) is 0 Å². The highest BCUT2D eigenvalue weighted by molar-refractivity contribution is 7.91. The summed E-state index contributed by atoms with van der Waals surface area (Å²) in [5.41, 5.74) is 1.20. The Morgan fingerprint density at radius 3 is 1.89 bits per heavy atom. The van der Waals surface area contributed by atoms with Gasteiger partial charge in [-0.25, -0.2) is 8.42 Å². The molecule has 9 heteroatoms. The molecule has 0 heterocycles. The third-order valence-corrected chi connectivity index (χ3v) is 5.44. The molecule has 0 unspecified atom stereocenters. The molecule has 0 aliphatic heterocycles. The van der Waals surface area contributed by atoms with Gasteiger partial charge in [0.05, 0.1) is 4.90 Å². The second-order valence-corrected chi connectivity index (χ2v) is 8.04. The third-order valence-electron chi connectivity index (χ3n) is 4.04. The van der Waals surface area contributed by atoms with Crippen LogP contribution in [0.15, 0.2) is 53.4 Å². The number of rotatable bonds is 6. The molecule has 1 fully saturated rings. The van der Waals surface area contributed by atoms with Crippen LogP contribution in [0.5, 0.6) is 0 Å². The highest BCUT2D eigenvalue weighted by Gasteiger charge is 2.29. The van der Waals surface area contributed by atoms with Gasteiger partial charge in [0.2, 0.25) is 15.7 Å². The van der Waals surface area contributed by atoms with Crippen LogP contribution in [-0.2, 0) is 14.6 Å². The van der Waals surface area contributed by atoms with Gasteiger partial charge in [-0.15, -0.1) is 0 Å². The van der Waals surface area contributed by atoms with Gasteiger partial charge in [0, 0.05) is 22.9 Å². The molecule has 0 bridgehead atoms. The van der Waals surface area contributed by atoms with E-state index in [1.54, 1.807) is 24.3 Å². The number of hydrogen-bond donors (Lipinski definition) is 2. The zero-order valence-electron chi connectivity index (χ0n) is 14.0. The standard InChI is InChI=1S/C18H16F2N2O4S/c19-18(20)27(25,26)15-9-3-12(4-10-15)17(24)22-14-7-5-13(6-8-14)21-16(23)11-1-2-11/h3-11,18H,1-2H2,(H,21,23)(H,22,24). The summed E-state index contributed by atoms with van der Waals surface area (Å²) in [5.74, 6) is -3.98. The van der Waals surface area contributed by atoms with E-state index in [9.17, 15) is 26.8 Å². The molecule has 6 nitrogen and oxygen atoms in total. The number of sulfone groups is 1. The van der Waals surface area contributed by atoms with Gasteiger partial charge in [-0.3, -0.25) is 9.59 Å². The second-order valence-electron chi connectivity index (χ2n) is 6.13. The highest BCUT2D eigenvalue weighted by Crippen LogP contribution is 2.30. The number of hydrogen-bond acceptors (Lipinski definition) is 4. The lowest BCUT2D eigenvalue weighted by Gasteiger charge is -2.08. The minimum Gasteiger partial charge on any atom is -0.326 e. The molecule has 27 heavy (non-hydrogen) atoms. The Hall–Kier alpha value is -2.81. The van der Waals surface area contributed by atoms with Gasteiger partial charge in [0.1, 0.15) is 0 Å². The first-order valence-electron chi connectivity index (χ1n) is 8.12. The fraction of sp³-hybridized carbons (Fsp3) is 0.222. The lowest BCUT2D eigenvalue weighted by atomic mass is 10.2. The molecule has 0 saturated heterocycles. The maximum absolute atomic E-state index is 12.5. The van der Waals surface area contributed by atoms with E-state index in [1.165, 1.54) is 0 Å². The monoisotopic (exact) mass is 394 g/mol. The predicted molar refractivity (Wildman–Crippen MR) is 95.4 cm³/mol. The van der Waals surface area contributed by atoms with Gasteiger partial charge < -0.3 is 10.6 Å². The predicted octanol–water partition coefficient (Wildman–Crippen LogP) is 3.28. The van der Waals surface area contributed by atoms with Gasteiger partial charge >= 0.3 is 5.76 Å². The minimum atomic E-state index is -4.69. The summed E-state index contributed by atoms with van der Waals surface area (Å²) in [5, 5.41) is 5.38. The van der Waals surface area contributed by atoms with Crippen molar-refractivity contribution in [3.05, 3.63) is 54.1 Å². The first-order valence-corrected chi connectivity index (χ1v) is 9.66.